The van der Waals surface area contributed by atoms with Gasteiger partial charge in [0.25, 0.3) is 0 Å². The van der Waals surface area contributed by atoms with Crippen LogP contribution in [0.5, 0.6) is 0 Å². The van der Waals surface area contributed by atoms with E-state index in [0.29, 0.717) is 0 Å². The molecule has 1 unspecified atom stereocenters. The van der Waals surface area contributed by atoms with Crippen LogP contribution >= 0.6 is 11.3 Å². The lowest BCUT2D eigenvalue weighted by Crippen LogP contribution is -1.85. The van der Waals surface area contributed by atoms with Crippen molar-refractivity contribution in [3.05, 3.63) is 21.9 Å². The molecule has 0 saturated carbocycles. The molecule has 1 aromatic rings. The Morgan fingerprint density at radius 1 is 1.56 bits per heavy atom. The van der Waals surface area contributed by atoms with Gasteiger partial charge in [-0.15, -0.1) is 0 Å². The lowest BCUT2D eigenvalue weighted by Gasteiger charge is -1.95. The van der Waals surface area contributed by atoms with Crippen molar-refractivity contribution in [1.29, 1.82) is 0 Å². The molecule has 0 radical (unpaired) electrons. The maximum atomic E-state index is 9.28. The summed E-state index contributed by atoms with van der Waals surface area (Å²) in [5.41, 5.74) is 2.52. The van der Waals surface area contributed by atoms with Gasteiger partial charge in [-0.25, -0.2) is 0 Å². The van der Waals surface area contributed by atoms with E-state index < -0.39 is 0 Å². The maximum absolute atomic E-state index is 9.28. The number of aliphatic hydroxyl groups is 1. The van der Waals surface area contributed by atoms with E-state index in [9.17, 15) is 5.11 Å². The Bertz CT molecular complexity index is 216. The summed E-state index contributed by atoms with van der Waals surface area (Å²) in [6, 6.07) is 0. The van der Waals surface area contributed by atoms with Gasteiger partial charge in [-0.3, -0.25) is 0 Å². The molecular weight excluding hydrogens is 132 g/mol. The smallest absolute Gasteiger partial charge is 0.0803 e. The molecule has 48 valence electrons. The van der Waals surface area contributed by atoms with Crippen molar-refractivity contribution in [3.8, 4) is 0 Å². The molecule has 0 spiro atoms. The van der Waals surface area contributed by atoms with Crippen molar-refractivity contribution in [1.82, 2.24) is 0 Å². The third-order valence-electron chi connectivity index (χ3n) is 1.82. The first-order chi connectivity index (χ1) is 4.38. The summed E-state index contributed by atoms with van der Waals surface area (Å²) < 4.78 is 0. The maximum Gasteiger partial charge on any atom is 0.0803 e. The monoisotopic (exact) mass is 140 g/mol. The SMILES string of the molecule is OC1CCc2cscc21. The largest absolute Gasteiger partial charge is 0.388 e. The van der Waals surface area contributed by atoms with Crippen molar-refractivity contribution in [3.63, 3.8) is 0 Å². The van der Waals surface area contributed by atoms with Crippen LogP contribution in [0.3, 0.4) is 0 Å². The van der Waals surface area contributed by atoms with Gasteiger partial charge in [0.2, 0.25) is 0 Å². The normalized spacial score (nSPS) is 24.3. The highest BCUT2D eigenvalue weighted by molar-refractivity contribution is 7.08. The first-order valence-electron chi connectivity index (χ1n) is 3.11. The van der Waals surface area contributed by atoms with E-state index in [4.69, 9.17) is 0 Å². The molecule has 1 aliphatic carbocycles. The fourth-order valence-corrected chi connectivity index (χ4v) is 2.22. The van der Waals surface area contributed by atoms with Crippen LogP contribution in [0.4, 0.5) is 0 Å². The number of fused-ring (bicyclic) bond motifs is 1. The predicted octanol–water partition coefficient (Wildman–Crippen LogP) is 1.73. The molecule has 0 saturated heterocycles. The van der Waals surface area contributed by atoms with Crippen LogP contribution in [0.25, 0.3) is 0 Å². The van der Waals surface area contributed by atoms with E-state index in [0.717, 1.165) is 12.8 Å². The van der Waals surface area contributed by atoms with Crippen LogP contribution in [0.2, 0.25) is 0 Å². The second kappa shape index (κ2) is 1.82. The van der Waals surface area contributed by atoms with Crippen molar-refractivity contribution < 1.29 is 5.11 Å². The molecule has 9 heavy (non-hydrogen) atoms. The Kier molecular flexibility index (Phi) is 1.10. The van der Waals surface area contributed by atoms with E-state index in [1.807, 2.05) is 5.38 Å². The molecule has 0 aliphatic heterocycles. The van der Waals surface area contributed by atoms with E-state index in [1.165, 1.54) is 11.1 Å². The number of aliphatic hydroxyl groups excluding tert-OH is 1. The minimum Gasteiger partial charge on any atom is -0.388 e. The molecule has 2 rings (SSSR count). The fraction of sp³-hybridized carbons (Fsp3) is 0.429. The summed E-state index contributed by atoms with van der Waals surface area (Å²) in [5, 5.41) is 13.5. The van der Waals surface area contributed by atoms with Gasteiger partial charge in [-0.1, -0.05) is 0 Å². The molecule has 1 atom stereocenters. The van der Waals surface area contributed by atoms with Crippen LogP contribution < -0.4 is 0 Å². The van der Waals surface area contributed by atoms with Gasteiger partial charge in [-0.05, 0) is 34.7 Å². The highest BCUT2D eigenvalue weighted by atomic mass is 32.1. The van der Waals surface area contributed by atoms with Crippen molar-refractivity contribution in [2.24, 2.45) is 0 Å². The molecule has 0 bridgehead atoms. The number of aryl methyl sites for hydroxylation is 1. The van der Waals surface area contributed by atoms with Gasteiger partial charge in [-0.2, -0.15) is 11.3 Å². The minimum atomic E-state index is -0.161. The second-order valence-corrected chi connectivity index (χ2v) is 3.15. The Balaban J connectivity index is 2.49. The molecule has 0 amide bonds. The highest BCUT2D eigenvalue weighted by Crippen LogP contribution is 2.33. The van der Waals surface area contributed by atoms with Gasteiger partial charge in [0.05, 0.1) is 6.10 Å². The molecule has 1 aromatic heterocycles. The van der Waals surface area contributed by atoms with Crippen molar-refractivity contribution >= 4 is 11.3 Å². The summed E-state index contributed by atoms with van der Waals surface area (Å²) in [7, 11) is 0. The summed E-state index contributed by atoms with van der Waals surface area (Å²) in [5.74, 6) is 0. The van der Waals surface area contributed by atoms with Crippen molar-refractivity contribution in [2.75, 3.05) is 0 Å². The number of hydrogen-bond donors (Lipinski definition) is 1. The summed E-state index contributed by atoms with van der Waals surface area (Å²) in [6.45, 7) is 0. The average molecular weight is 140 g/mol. The lowest BCUT2D eigenvalue weighted by molar-refractivity contribution is 0.180. The molecule has 0 aromatic carbocycles. The summed E-state index contributed by atoms with van der Waals surface area (Å²) in [4.78, 5) is 0. The van der Waals surface area contributed by atoms with Gasteiger partial charge >= 0.3 is 0 Å². The Morgan fingerprint density at radius 2 is 2.44 bits per heavy atom. The van der Waals surface area contributed by atoms with E-state index in [-0.39, 0.29) is 6.10 Å². The molecule has 1 heterocycles. The number of rotatable bonds is 0. The summed E-state index contributed by atoms with van der Waals surface area (Å²) >= 11 is 1.69. The van der Waals surface area contributed by atoms with Crippen LogP contribution in [-0.2, 0) is 6.42 Å². The van der Waals surface area contributed by atoms with E-state index >= 15 is 0 Å². The third-order valence-corrected chi connectivity index (χ3v) is 2.63. The van der Waals surface area contributed by atoms with Crippen LogP contribution in [0.15, 0.2) is 10.8 Å². The third kappa shape index (κ3) is 0.705. The average Bonchev–Trinajstić information content (AvgIpc) is 2.35. The lowest BCUT2D eigenvalue weighted by atomic mass is 10.2. The second-order valence-electron chi connectivity index (χ2n) is 2.41. The van der Waals surface area contributed by atoms with E-state index in [1.54, 1.807) is 11.3 Å². The fourth-order valence-electron chi connectivity index (χ4n) is 1.28. The Labute approximate surface area is 58.0 Å². The van der Waals surface area contributed by atoms with E-state index in [2.05, 4.69) is 5.38 Å². The van der Waals surface area contributed by atoms with Gasteiger partial charge in [0.15, 0.2) is 0 Å². The van der Waals surface area contributed by atoms with Crippen LogP contribution in [-0.4, -0.2) is 5.11 Å². The standard InChI is InChI=1S/C7H8OS/c8-7-2-1-5-3-9-4-6(5)7/h3-4,7-8H,1-2H2. The zero-order valence-electron chi connectivity index (χ0n) is 5.00. The molecular formula is C7H8OS. The molecule has 1 N–H and O–H groups in total. The van der Waals surface area contributed by atoms with Crippen LogP contribution in [0, 0.1) is 0 Å². The summed E-state index contributed by atoms with van der Waals surface area (Å²) in [6.07, 6.45) is 1.84. The zero-order chi connectivity index (χ0) is 6.27. The molecule has 1 nitrogen and oxygen atoms in total. The highest BCUT2D eigenvalue weighted by Gasteiger charge is 2.19. The number of hydrogen-bond acceptors (Lipinski definition) is 2. The molecule has 0 fully saturated rings. The number of thiophene rings is 1. The molecule has 1 aliphatic rings. The zero-order valence-corrected chi connectivity index (χ0v) is 5.82. The first kappa shape index (κ1) is 5.45. The first-order valence-corrected chi connectivity index (χ1v) is 4.05. The minimum absolute atomic E-state index is 0.161. The molecule has 2 heteroatoms. The van der Waals surface area contributed by atoms with Gasteiger partial charge in [0.1, 0.15) is 0 Å². The van der Waals surface area contributed by atoms with Crippen molar-refractivity contribution in [2.45, 2.75) is 18.9 Å². The topological polar surface area (TPSA) is 20.2 Å². The quantitative estimate of drug-likeness (QED) is 0.582. The predicted molar refractivity (Wildman–Crippen MR) is 37.6 cm³/mol. The van der Waals surface area contributed by atoms with Crippen LogP contribution in [0.1, 0.15) is 23.7 Å². The Morgan fingerprint density at radius 3 is 3.22 bits per heavy atom. The van der Waals surface area contributed by atoms with Gasteiger partial charge < -0.3 is 5.11 Å². The Hall–Kier alpha value is -0.340. The van der Waals surface area contributed by atoms with Gasteiger partial charge in [0, 0.05) is 0 Å².